The van der Waals surface area contributed by atoms with Gasteiger partial charge >= 0.3 is 5.97 Å². The Balaban J connectivity index is 2.74. The fourth-order valence-electron chi connectivity index (χ4n) is 1.57. The van der Waals surface area contributed by atoms with Crippen LogP contribution < -0.4 is 10.6 Å². The van der Waals surface area contributed by atoms with Crippen LogP contribution >= 0.6 is 11.6 Å². The van der Waals surface area contributed by atoms with Gasteiger partial charge in [-0.25, -0.2) is 0 Å². The fourth-order valence-corrected chi connectivity index (χ4v) is 1.74. The van der Waals surface area contributed by atoms with E-state index in [-0.39, 0.29) is 41.4 Å². The van der Waals surface area contributed by atoms with Crippen molar-refractivity contribution in [3.8, 4) is 6.07 Å². The van der Waals surface area contributed by atoms with Gasteiger partial charge in [-0.3, -0.25) is 19.7 Å². The van der Waals surface area contributed by atoms with Gasteiger partial charge in [0.2, 0.25) is 0 Å². The topological polar surface area (TPSA) is 145 Å². The summed E-state index contributed by atoms with van der Waals surface area (Å²) in [6.07, 6.45) is 1.19. The van der Waals surface area contributed by atoms with Gasteiger partial charge in [-0.2, -0.15) is 5.26 Å². The number of carboxylic acids is 1. The maximum absolute atomic E-state index is 11.8. The Kier molecular flexibility index (Phi) is 7.19. The summed E-state index contributed by atoms with van der Waals surface area (Å²) in [6.45, 7) is 0.0989. The summed E-state index contributed by atoms with van der Waals surface area (Å²) in [7, 11) is 0. The second-order valence-electron chi connectivity index (χ2n) is 4.49. The maximum Gasteiger partial charge on any atom is 0.303 e. The molecule has 0 unspecified atom stereocenters. The number of hydrogen-bond acceptors (Lipinski definition) is 6. The lowest BCUT2D eigenvalue weighted by Crippen LogP contribution is -2.26. The summed E-state index contributed by atoms with van der Waals surface area (Å²) in [5, 5.41) is 33.3. The van der Waals surface area contributed by atoms with Crippen molar-refractivity contribution in [2.24, 2.45) is 0 Å². The van der Waals surface area contributed by atoms with Gasteiger partial charge in [0.1, 0.15) is 11.6 Å². The second-order valence-corrected chi connectivity index (χ2v) is 4.90. The molecule has 0 fully saturated rings. The Hall–Kier alpha value is -3.12. The van der Waals surface area contributed by atoms with Crippen molar-refractivity contribution in [2.45, 2.75) is 12.8 Å². The third-order valence-corrected chi connectivity index (χ3v) is 3.08. The van der Waals surface area contributed by atoms with Gasteiger partial charge in [-0.15, -0.1) is 0 Å². The van der Waals surface area contributed by atoms with Crippen LogP contribution in [0.2, 0.25) is 5.02 Å². The Morgan fingerprint density at radius 1 is 1.46 bits per heavy atom. The highest BCUT2D eigenvalue weighted by Gasteiger charge is 2.11. The highest BCUT2D eigenvalue weighted by atomic mass is 35.5. The van der Waals surface area contributed by atoms with Gasteiger partial charge in [-0.1, -0.05) is 11.6 Å². The summed E-state index contributed by atoms with van der Waals surface area (Å²) in [6, 6.07) is 5.37. The number of carbonyl (C=O) groups excluding carboxylic acids is 1. The van der Waals surface area contributed by atoms with Crippen molar-refractivity contribution in [2.75, 3.05) is 11.9 Å². The number of benzene rings is 1. The number of amides is 1. The van der Waals surface area contributed by atoms with Crippen LogP contribution in [0.15, 0.2) is 30.0 Å². The molecule has 1 aromatic rings. The number of nitrogens with zero attached hydrogens (tertiary/aromatic N) is 2. The molecule has 0 aliphatic heterocycles. The average Bonchev–Trinajstić information content (AvgIpc) is 2.53. The highest BCUT2D eigenvalue weighted by Crippen LogP contribution is 2.26. The SMILES string of the molecule is N#C/C(=C/Nc1cc([N+](=O)[O-])ccc1Cl)C(=O)NCCCC(=O)O. The smallest absolute Gasteiger partial charge is 0.303 e. The molecule has 0 radical (unpaired) electrons. The summed E-state index contributed by atoms with van der Waals surface area (Å²) in [5.74, 6) is -1.68. The zero-order valence-corrected chi connectivity index (χ0v) is 13.0. The molecule has 1 rings (SSSR count). The normalized spacial score (nSPS) is 10.6. The Morgan fingerprint density at radius 2 is 2.17 bits per heavy atom. The van der Waals surface area contributed by atoms with Gasteiger partial charge < -0.3 is 15.7 Å². The Labute approximate surface area is 141 Å². The first-order chi connectivity index (χ1) is 11.3. The number of non-ortho nitro benzene ring substituents is 1. The minimum atomic E-state index is -0.984. The Morgan fingerprint density at radius 3 is 2.75 bits per heavy atom. The highest BCUT2D eigenvalue weighted by molar-refractivity contribution is 6.33. The molecule has 0 spiro atoms. The zero-order chi connectivity index (χ0) is 18.1. The van der Waals surface area contributed by atoms with E-state index in [0.29, 0.717) is 0 Å². The van der Waals surface area contributed by atoms with E-state index in [1.807, 2.05) is 0 Å². The number of halogens is 1. The minimum Gasteiger partial charge on any atom is -0.481 e. The van der Waals surface area contributed by atoms with Gasteiger partial charge in [0.25, 0.3) is 11.6 Å². The molecular weight excluding hydrogens is 340 g/mol. The molecule has 0 aliphatic rings. The number of nitriles is 1. The fraction of sp³-hybridized carbons (Fsp3) is 0.214. The molecular formula is C14H13ClN4O5. The summed E-state index contributed by atoms with van der Waals surface area (Å²) >= 11 is 5.89. The van der Waals surface area contributed by atoms with Crippen LogP contribution in [0.5, 0.6) is 0 Å². The quantitative estimate of drug-likeness (QED) is 0.213. The van der Waals surface area contributed by atoms with Crippen LogP contribution in [0.4, 0.5) is 11.4 Å². The molecule has 9 nitrogen and oxygen atoms in total. The van der Waals surface area contributed by atoms with Gasteiger partial charge in [0.15, 0.2) is 0 Å². The van der Waals surface area contributed by atoms with E-state index in [9.17, 15) is 19.7 Å². The third kappa shape index (κ3) is 5.94. The second kappa shape index (κ2) is 9.12. The molecule has 24 heavy (non-hydrogen) atoms. The summed E-state index contributed by atoms with van der Waals surface area (Å²) in [5.41, 5.74) is -0.322. The zero-order valence-electron chi connectivity index (χ0n) is 12.3. The molecule has 0 bridgehead atoms. The van der Waals surface area contributed by atoms with E-state index in [1.165, 1.54) is 18.2 Å². The average molecular weight is 353 g/mol. The van der Waals surface area contributed by atoms with Crippen LogP contribution in [-0.2, 0) is 9.59 Å². The first kappa shape index (κ1) is 18.9. The first-order valence-electron chi connectivity index (χ1n) is 6.66. The molecule has 126 valence electrons. The molecule has 0 saturated carbocycles. The lowest BCUT2D eigenvalue weighted by molar-refractivity contribution is -0.384. The van der Waals surface area contributed by atoms with Crippen molar-refractivity contribution >= 4 is 34.9 Å². The van der Waals surface area contributed by atoms with Gasteiger partial charge in [-0.05, 0) is 12.5 Å². The number of aliphatic carboxylic acids is 1. The lowest BCUT2D eigenvalue weighted by atomic mass is 10.2. The van der Waals surface area contributed by atoms with E-state index in [1.54, 1.807) is 6.07 Å². The molecule has 10 heteroatoms. The molecule has 0 atom stereocenters. The van der Waals surface area contributed by atoms with Crippen molar-refractivity contribution in [3.05, 3.63) is 45.1 Å². The molecule has 0 aromatic heterocycles. The standard InChI is InChI=1S/C14H13ClN4O5/c15-11-4-3-10(19(23)24)6-12(11)18-8-9(7-16)14(22)17-5-1-2-13(20)21/h3-4,6,8,18H,1-2,5H2,(H,17,22)(H,20,21)/b9-8-. The predicted molar refractivity (Wildman–Crippen MR) is 85.3 cm³/mol. The van der Waals surface area contributed by atoms with Crippen molar-refractivity contribution in [3.63, 3.8) is 0 Å². The van der Waals surface area contributed by atoms with E-state index < -0.39 is 16.8 Å². The molecule has 0 aliphatic carbocycles. The van der Waals surface area contributed by atoms with Gasteiger partial charge in [0, 0.05) is 31.3 Å². The van der Waals surface area contributed by atoms with Crippen LogP contribution in [0, 0.1) is 21.4 Å². The molecule has 0 heterocycles. The minimum absolute atomic E-state index is 0.0989. The van der Waals surface area contributed by atoms with Crippen LogP contribution in [0.3, 0.4) is 0 Å². The van der Waals surface area contributed by atoms with Crippen LogP contribution in [0.1, 0.15) is 12.8 Å². The van der Waals surface area contributed by atoms with Crippen LogP contribution in [0.25, 0.3) is 0 Å². The number of nitrogens with one attached hydrogen (secondary N) is 2. The maximum atomic E-state index is 11.8. The van der Waals surface area contributed by atoms with Crippen molar-refractivity contribution in [1.82, 2.24) is 5.32 Å². The number of nitro groups is 1. The molecule has 1 aromatic carbocycles. The van der Waals surface area contributed by atoms with Gasteiger partial charge in [0.05, 0.1) is 15.6 Å². The van der Waals surface area contributed by atoms with E-state index in [2.05, 4.69) is 10.6 Å². The lowest BCUT2D eigenvalue weighted by Gasteiger charge is -2.06. The van der Waals surface area contributed by atoms with Crippen molar-refractivity contribution < 1.29 is 19.6 Å². The number of carbonyl (C=O) groups is 2. The molecule has 0 saturated heterocycles. The third-order valence-electron chi connectivity index (χ3n) is 2.75. The number of carboxylic acid groups (broad SMARTS) is 1. The van der Waals surface area contributed by atoms with E-state index in [4.69, 9.17) is 22.0 Å². The first-order valence-corrected chi connectivity index (χ1v) is 7.03. The number of anilines is 1. The summed E-state index contributed by atoms with van der Waals surface area (Å²) in [4.78, 5) is 32.2. The van der Waals surface area contributed by atoms with E-state index in [0.717, 1.165) is 6.20 Å². The number of hydrogen-bond donors (Lipinski definition) is 3. The van der Waals surface area contributed by atoms with Crippen LogP contribution in [-0.4, -0.2) is 28.5 Å². The molecule has 1 amide bonds. The number of rotatable bonds is 8. The predicted octanol–water partition coefficient (Wildman–Crippen LogP) is 2.05. The number of nitro benzene ring substituents is 1. The summed E-state index contributed by atoms with van der Waals surface area (Å²) < 4.78 is 0. The molecule has 3 N–H and O–H groups in total. The monoisotopic (exact) mass is 352 g/mol. The Bertz CT molecular complexity index is 726. The van der Waals surface area contributed by atoms with Crippen molar-refractivity contribution in [1.29, 1.82) is 5.26 Å². The van der Waals surface area contributed by atoms with E-state index >= 15 is 0 Å². The largest absolute Gasteiger partial charge is 0.481 e.